The quantitative estimate of drug-likeness (QED) is 0.641. The molecule has 0 radical (unpaired) electrons. The van der Waals surface area contributed by atoms with Crippen LogP contribution in [0.3, 0.4) is 0 Å². The van der Waals surface area contributed by atoms with E-state index in [1.807, 2.05) is 39.0 Å². The molecule has 7 heteroatoms. The van der Waals surface area contributed by atoms with Crippen molar-refractivity contribution in [2.75, 3.05) is 11.9 Å². The number of hydrogen-bond acceptors (Lipinski definition) is 5. The normalized spacial score (nSPS) is 15.6. The van der Waals surface area contributed by atoms with E-state index in [0.29, 0.717) is 18.5 Å². The van der Waals surface area contributed by atoms with Crippen molar-refractivity contribution in [1.82, 2.24) is 0 Å². The zero-order valence-corrected chi connectivity index (χ0v) is 19.0. The first kappa shape index (κ1) is 23.0. The smallest absolute Gasteiger partial charge is 0.328 e. The fraction of sp³-hybridized carbons (Fsp3) is 0.417. The van der Waals surface area contributed by atoms with Crippen molar-refractivity contribution in [3.8, 4) is 0 Å². The molecular formula is C24H29NO5S. The Morgan fingerprint density at radius 1 is 1.03 bits per heavy atom. The van der Waals surface area contributed by atoms with Crippen LogP contribution in [0.15, 0.2) is 53.4 Å². The number of anilines is 1. The number of carbonyl (C=O) groups is 2. The average molecular weight is 444 g/mol. The van der Waals surface area contributed by atoms with E-state index in [0.717, 1.165) is 11.1 Å². The Kier molecular flexibility index (Phi) is 6.84. The molecule has 0 spiro atoms. The highest BCUT2D eigenvalue weighted by Crippen LogP contribution is 2.41. The molecule has 166 valence electrons. The van der Waals surface area contributed by atoms with Gasteiger partial charge in [-0.2, -0.15) is 0 Å². The van der Waals surface area contributed by atoms with Crippen molar-refractivity contribution in [1.29, 1.82) is 0 Å². The van der Waals surface area contributed by atoms with E-state index in [9.17, 15) is 18.0 Å². The molecule has 0 aromatic heterocycles. The third-order valence-corrected chi connectivity index (χ3v) is 8.37. The number of aryl methyl sites for hydroxylation is 1. The first-order valence-electron chi connectivity index (χ1n) is 10.6. The van der Waals surface area contributed by atoms with Gasteiger partial charge in [-0.3, -0.25) is 9.59 Å². The van der Waals surface area contributed by atoms with Gasteiger partial charge in [0.05, 0.1) is 4.90 Å². The van der Waals surface area contributed by atoms with Crippen LogP contribution in [0.2, 0.25) is 0 Å². The highest BCUT2D eigenvalue weighted by molar-refractivity contribution is 7.93. The monoisotopic (exact) mass is 443 g/mol. The summed E-state index contributed by atoms with van der Waals surface area (Å²) in [6, 6.07) is 13.7. The summed E-state index contributed by atoms with van der Waals surface area (Å²) in [6.45, 7) is 5.43. The summed E-state index contributed by atoms with van der Waals surface area (Å²) in [6.07, 6.45) is 1.63. The molecule has 0 saturated heterocycles. The minimum Gasteiger partial charge on any atom is -0.454 e. The second-order valence-corrected chi connectivity index (χ2v) is 10.6. The van der Waals surface area contributed by atoms with Crippen molar-refractivity contribution in [2.45, 2.75) is 62.0 Å². The maximum atomic E-state index is 13.3. The van der Waals surface area contributed by atoms with Gasteiger partial charge in [-0.05, 0) is 48.9 Å². The molecule has 0 aliphatic heterocycles. The van der Waals surface area contributed by atoms with Gasteiger partial charge in [-0.15, -0.1) is 0 Å². The Bertz CT molecular complexity index is 1050. The Morgan fingerprint density at radius 3 is 2.29 bits per heavy atom. The number of nitrogens with one attached hydrogen (secondary N) is 1. The van der Waals surface area contributed by atoms with Gasteiger partial charge in [-0.1, -0.05) is 63.1 Å². The maximum absolute atomic E-state index is 13.3. The number of benzene rings is 2. The van der Waals surface area contributed by atoms with Crippen molar-refractivity contribution < 1.29 is 22.7 Å². The van der Waals surface area contributed by atoms with Gasteiger partial charge in [0.15, 0.2) is 21.2 Å². The van der Waals surface area contributed by atoms with Crippen molar-refractivity contribution in [3.05, 3.63) is 59.7 Å². The van der Waals surface area contributed by atoms with Gasteiger partial charge in [0, 0.05) is 5.69 Å². The van der Waals surface area contributed by atoms with Gasteiger partial charge < -0.3 is 10.1 Å². The number of sulfone groups is 1. The van der Waals surface area contributed by atoms with Crippen LogP contribution in [-0.2, 0) is 24.2 Å². The van der Waals surface area contributed by atoms with E-state index in [1.165, 1.54) is 12.1 Å². The molecule has 0 atom stereocenters. The molecule has 1 N–H and O–H groups in total. The molecule has 1 aliphatic rings. The van der Waals surface area contributed by atoms with Crippen LogP contribution in [0.4, 0.5) is 5.69 Å². The Hall–Kier alpha value is -2.67. The molecule has 0 heterocycles. The van der Waals surface area contributed by atoms with Crippen LogP contribution < -0.4 is 5.32 Å². The second kappa shape index (κ2) is 9.22. The Labute approximate surface area is 183 Å². The Morgan fingerprint density at radius 2 is 1.68 bits per heavy atom. The SMILES string of the molecule is Cc1cccc(C(C)C)c1NC(=O)COC(=O)C1(S(=O)(=O)c2ccccc2)CCCC1. The molecule has 1 saturated carbocycles. The summed E-state index contributed by atoms with van der Waals surface area (Å²) in [4.78, 5) is 25.6. The first-order chi connectivity index (χ1) is 14.7. The summed E-state index contributed by atoms with van der Waals surface area (Å²) in [5, 5.41) is 2.82. The second-order valence-electron chi connectivity index (χ2n) is 8.34. The van der Waals surface area contributed by atoms with E-state index in [2.05, 4.69) is 5.32 Å². The zero-order valence-electron chi connectivity index (χ0n) is 18.2. The third kappa shape index (κ3) is 4.51. The van der Waals surface area contributed by atoms with E-state index in [1.54, 1.807) is 18.2 Å². The molecule has 1 amide bonds. The van der Waals surface area contributed by atoms with E-state index < -0.39 is 33.1 Å². The maximum Gasteiger partial charge on any atom is 0.328 e. The summed E-state index contributed by atoms with van der Waals surface area (Å²) in [5.74, 6) is -1.14. The van der Waals surface area contributed by atoms with Crippen molar-refractivity contribution >= 4 is 27.4 Å². The lowest BCUT2D eigenvalue weighted by Crippen LogP contribution is -2.46. The van der Waals surface area contributed by atoms with Crippen LogP contribution in [0.1, 0.15) is 56.6 Å². The molecule has 3 rings (SSSR count). The minimum absolute atomic E-state index is 0.0970. The van der Waals surface area contributed by atoms with E-state index in [-0.39, 0.29) is 23.7 Å². The number of hydrogen-bond donors (Lipinski definition) is 1. The summed E-state index contributed by atoms with van der Waals surface area (Å²) in [5.41, 5.74) is 2.59. The minimum atomic E-state index is -3.94. The molecule has 6 nitrogen and oxygen atoms in total. The average Bonchev–Trinajstić information content (AvgIpc) is 3.26. The number of amides is 1. The number of ether oxygens (including phenoxy) is 1. The van der Waals surface area contributed by atoms with Crippen LogP contribution in [-0.4, -0.2) is 31.6 Å². The molecule has 2 aromatic carbocycles. The predicted molar refractivity (Wildman–Crippen MR) is 120 cm³/mol. The fourth-order valence-corrected chi connectivity index (χ4v) is 6.21. The van der Waals surface area contributed by atoms with Crippen LogP contribution >= 0.6 is 0 Å². The number of para-hydroxylation sites is 1. The largest absolute Gasteiger partial charge is 0.454 e. The summed E-state index contributed by atoms with van der Waals surface area (Å²) >= 11 is 0. The highest BCUT2D eigenvalue weighted by atomic mass is 32.2. The van der Waals surface area contributed by atoms with Crippen LogP contribution in [0.5, 0.6) is 0 Å². The number of esters is 1. The summed E-state index contributed by atoms with van der Waals surface area (Å²) < 4.78 is 30.2. The molecule has 31 heavy (non-hydrogen) atoms. The highest BCUT2D eigenvalue weighted by Gasteiger charge is 2.54. The topological polar surface area (TPSA) is 89.5 Å². The van der Waals surface area contributed by atoms with Crippen LogP contribution in [0, 0.1) is 6.92 Å². The lowest BCUT2D eigenvalue weighted by atomic mass is 9.98. The lowest BCUT2D eigenvalue weighted by molar-refractivity contribution is -0.149. The molecule has 2 aromatic rings. The number of rotatable bonds is 7. The van der Waals surface area contributed by atoms with Gasteiger partial charge >= 0.3 is 5.97 Å². The molecule has 1 fully saturated rings. The fourth-order valence-electron chi connectivity index (χ4n) is 4.13. The van der Waals surface area contributed by atoms with Gasteiger partial charge in [-0.25, -0.2) is 8.42 Å². The molecule has 1 aliphatic carbocycles. The number of carbonyl (C=O) groups excluding carboxylic acids is 2. The summed E-state index contributed by atoms with van der Waals surface area (Å²) in [7, 11) is -3.94. The van der Waals surface area contributed by atoms with E-state index in [4.69, 9.17) is 4.74 Å². The lowest BCUT2D eigenvalue weighted by Gasteiger charge is -2.26. The standard InChI is InChI=1S/C24H29NO5S/c1-17(2)20-13-9-10-18(3)22(20)25-21(26)16-30-23(27)24(14-7-8-15-24)31(28,29)19-11-5-4-6-12-19/h4-6,9-13,17H,7-8,14-16H2,1-3H3,(H,25,26). The van der Waals surface area contributed by atoms with Gasteiger partial charge in [0.2, 0.25) is 0 Å². The molecule has 0 unspecified atom stereocenters. The predicted octanol–water partition coefficient (Wildman–Crippen LogP) is 4.39. The first-order valence-corrected chi connectivity index (χ1v) is 12.0. The van der Waals surface area contributed by atoms with Crippen molar-refractivity contribution in [2.24, 2.45) is 0 Å². The zero-order chi connectivity index (χ0) is 22.6. The van der Waals surface area contributed by atoms with Gasteiger partial charge in [0.25, 0.3) is 5.91 Å². The van der Waals surface area contributed by atoms with Crippen LogP contribution in [0.25, 0.3) is 0 Å². The Balaban J connectivity index is 1.76. The molecular weight excluding hydrogens is 414 g/mol. The van der Waals surface area contributed by atoms with Crippen molar-refractivity contribution in [3.63, 3.8) is 0 Å². The third-order valence-electron chi connectivity index (χ3n) is 5.88. The molecule has 0 bridgehead atoms. The van der Waals surface area contributed by atoms with E-state index >= 15 is 0 Å². The van der Waals surface area contributed by atoms with Gasteiger partial charge in [0.1, 0.15) is 0 Å².